The van der Waals surface area contributed by atoms with Crippen molar-refractivity contribution >= 4 is 0 Å². The average molecular weight is 267 g/mol. The predicted octanol–water partition coefficient (Wildman–Crippen LogP) is 2.18. The highest BCUT2D eigenvalue weighted by Crippen LogP contribution is 2.22. The highest BCUT2D eigenvalue weighted by Gasteiger charge is 2.19. The highest BCUT2D eigenvalue weighted by atomic mass is 15.2. The van der Waals surface area contributed by atoms with Crippen LogP contribution in [0.4, 0.5) is 0 Å². The van der Waals surface area contributed by atoms with Crippen molar-refractivity contribution in [2.45, 2.75) is 51.5 Å². The van der Waals surface area contributed by atoms with E-state index in [1.54, 1.807) is 0 Å². The predicted molar refractivity (Wildman–Crippen MR) is 82.6 cm³/mol. The minimum absolute atomic E-state index is 0.712. The zero-order valence-electron chi connectivity index (χ0n) is 13.0. The van der Waals surface area contributed by atoms with Gasteiger partial charge in [0.2, 0.25) is 0 Å². The Morgan fingerprint density at radius 3 is 2.63 bits per heavy atom. The smallest absolute Gasteiger partial charge is 0.0195 e. The second-order valence-corrected chi connectivity index (χ2v) is 6.71. The molecule has 1 aliphatic heterocycles. The van der Waals surface area contributed by atoms with Gasteiger partial charge in [-0.2, -0.15) is 0 Å². The van der Waals surface area contributed by atoms with E-state index in [-0.39, 0.29) is 0 Å². The number of hydrogen-bond donors (Lipinski definition) is 1. The van der Waals surface area contributed by atoms with E-state index in [9.17, 15) is 0 Å². The van der Waals surface area contributed by atoms with Crippen LogP contribution in [0.15, 0.2) is 0 Å². The summed E-state index contributed by atoms with van der Waals surface area (Å²) in [5.41, 5.74) is 0. The zero-order valence-corrected chi connectivity index (χ0v) is 13.0. The van der Waals surface area contributed by atoms with Crippen LogP contribution < -0.4 is 5.32 Å². The Balaban J connectivity index is 1.59. The summed E-state index contributed by atoms with van der Waals surface area (Å²) in [5.74, 6) is 0.960. The van der Waals surface area contributed by atoms with Gasteiger partial charge in [-0.05, 0) is 58.8 Å². The van der Waals surface area contributed by atoms with Crippen molar-refractivity contribution in [1.29, 1.82) is 0 Å². The first kappa shape index (κ1) is 15.3. The number of hydrogen-bond acceptors (Lipinski definition) is 3. The van der Waals surface area contributed by atoms with Crippen molar-refractivity contribution in [3.05, 3.63) is 0 Å². The topological polar surface area (TPSA) is 18.5 Å². The van der Waals surface area contributed by atoms with Crippen molar-refractivity contribution in [2.75, 3.05) is 46.3 Å². The van der Waals surface area contributed by atoms with Gasteiger partial charge in [-0.15, -0.1) is 0 Å². The number of likely N-dealkylation sites (N-methyl/N-ethyl adjacent to an activating group) is 1. The van der Waals surface area contributed by atoms with Crippen molar-refractivity contribution in [3.8, 4) is 0 Å². The first-order valence-corrected chi connectivity index (χ1v) is 8.39. The van der Waals surface area contributed by atoms with Crippen molar-refractivity contribution in [2.24, 2.45) is 5.92 Å². The SMILES string of the molecule is CC1CN(C)CCCN1CCNCC1CCCCC1. The molecule has 3 nitrogen and oxygen atoms in total. The van der Waals surface area contributed by atoms with Crippen LogP contribution >= 0.6 is 0 Å². The highest BCUT2D eigenvalue weighted by molar-refractivity contribution is 4.76. The maximum absolute atomic E-state index is 3.70. The molecule has 0 spiro atoms. The Morgan fingerprint density at radius 2 is 1.84 bits per heavy atom. The Labute approximate surface area is 119 Å². The molecule has 0 aromatic heterocycles. The van der Waals surface area contributed by atoms with Crippen LogP contribution in [0.3, 0.4) is 0 Å². The Hall–Kier alpha value is -0.120. The minimum Gasteiger partial charge on any atom is -0.315 e. The van der Waals surface area contributed by atoms with Crippen LogP contribution in [0.5, 0.6) is 0 Å². The summed E-state index contributed by atoms with van der Waals surface area (Å²) in [6.07, 6.45) is 8.62. The number of nitrogens with one attached hydrogen (secondary N) is 1. The third kappa shape index (κ3) is 5.41. The van der Waals surface area contributed by atoms with E-state index in [4.69, 9.17) is 0 Å². The normalized spacial score (nSPS) is 28.4. The monoisotopic (exact) mass is 267 g/mol. The summed E-state index contributed by atoms with van der Waals surface area (Å²) in [6.45, 7) is 9.78. The van der Waals surface area contributed by atoms with E-state index >= 15 is 0 Å². The summed E-state index contributed by atoms with van der Waals surface area (Å²) in [6, 6.07) is 0.712. The van der Waals surface area contributed by atoms with Gasteiger partial charge in [0.05, 0.1) is 0 Å². The van der Waals surface area contributed by atoms with Crippen molar-refractivity contribution in [3.63, 3.8) is 0 Å². The van der Waals surface area contributed by atoms with Crippen LogP contribution in [-0.4, -0.2) is 62.2 Å². The lowest BCUT2D eigenvalue weighted by Crippen LogP contribution is -2.42. The minimum atomic E-state index is 0.712. The summed E-state index contributed by atoms with van der Waals surface area (Å²) in [5, 5.41) is 3.70. The Bertz CT molecular complexity index is 238. The maximum Gasteiger partial charge on any atom is 0.0195 e. The molecule has 1 heterocycles. The fourth-order valence-corrected chi connectivity index (χ4v) is 3.67. The molecule has 0 amide bonds. The molecular weight excluding hydrogens is 234 g/mol. The molecule has 0 aromatic carbocycles. The zero-order chi connectivity index (χ0) is 13.5. The van der Waals surface area contributed by atoms with Gasteiger partial charge in [-0.25, -0.2) is 0 Å². The third-order valence-electron chi connectivity index (χ3n) is 4.92. The van der Waals surface area contributed by atoms with Crippen LogP contribution in [0.2, 0.25) is 0 Å². The van der Waals surface area contributed by atoms with Crippen LogP contribution in [0.1, 0.15) is 45.4 Å². The summed E-state index contributed by atoms with van der Waals surface area (Å²) < 4.78 is 0. The second kappa shape index (κ2) is 8.23. The van der Waals surface area contributed by atoms with Crippen molar-refractivity contribution < 1.29 is 0 Å². The lowest BCUT2D eigenvalue weighted by atomic mass is 9.89. The van der Waals surface area contributed by atoms with Gasteiger partial charge >= 0.3 is 0 Å². The summed E-state index contributed by atoms with van der Waals surface area (Å²) in [4.78, 5) is 5.14. The van der Waals surface area contributed by atoms with E-state index in [0.717, 1.165) is 5.92 Å². The van der Waals surface area contributed by atoms with Crippen LogP contribution in [0, 0.1) is 5.92 Å². The van der Waals surface area contributed by atoms with E-state index < -0.39 is 0 Å². The van der Waals surface area contributed by atoms with Crippen LogP contribution in [0.25, 0.3) is 0 Å². The van der Waals surface area contributed by atoms with Gasteiger partial charge < -0.3 is 10.2 Å². The summed E-state index contributed by atoms with van der Waals surface area (Å²) in [7, 11) is 2.25. The van der Waals surface area contributed by atoms with Gasteiger partial charge in [0, 0.05) is 25.7 Å². The first-order chi connectivity index (χ1) is 9.25. The molecular formula is C16H33N3. The quantitative estimate of drug-likeness (QED) is 0.770. The number of rotatable bonds is 5. The van der Waals surface area contributed by atoms with Gasteiger partial charge in [0.1, 0.15) is 0 Å². The second-order valence-electron chi connectivity index (χ2n) is 6.71. The van der Waals surface area contributed by atoms with Crippen molar-refractivity contribution in [1.82, 2.24) is 15.1 Å². The molecule has 0 radical (unpaired) electrons. The van der Waals surface area contributed by atoms with Gasteiger partial charge in [-0.1, -0.05) is 19.3 Å². The van der Waals surface area contributed by atoms with E-state index in [1.807, 2.05) is 0 Å². The molecule has 1 unspecified atom stereocenters. The summed E-state index contributed by atoms with van der Waals surface area (Å²) >= 11 is 0. The molecule has 2 fully saturated rings. The van der Waals surface area contributed by atoms with E-state index in [1.165, 1.54) is 77.8 Å². The van der Waals surface area contributed by atoms with Gasteiger partial charge in [0.25, 0.3) is 0 Å². The Kier molecular flexibility index (Phi) is 6.62. The molecule has 1 saturated carbocycles. The fourth-order valence-electron chi connectivity index (χ4n) is 3.67. The molecule has 2 aliphatic rings. The molecule has 1 atom stereocenters. The molecule has 1 N–H and O–H groups in total. The molecule has 112 valence electrons. The third-order valence-corrected chi connectivity index (χ3v) is 4.92. The van der Waals surface area contributed by atoms with Gasteiger partial charge in [0.15, 0.2) is 0 Å². The molecule has 0 aromatic rings. The molecule has 19 heavy (non-hydrogen) atoms. The van der Waals surface area contributed by atoms with E-state index in [0.29, 0.717) is 6.04 Å². The number of nitrogens with zero attached hydrogens (tertiary/aromatic N) is 2. The largest absolute Gasteiger partial charge is 0.315 e. The molecule has 2 rings (SSSR count). The van der Waals surface area contributed by atoms with Crippen LogP contribution in [-0.2, 0) is 0 Å². The molecule has 1 saturated heterocycles. The lowest BCUT2D eigenvalue weighted by Gasteiger charge is -2.28. The fraction of sp³-hybridized carbons (Fsp3) is 1.00. The molecule has 0 bridgehead atoms. The first-order valence-electron chi connectivity index (χ1n) is 8.39. The maximum atomic E-state index is 3.70. The van der Waals surface area contributed by atoms with E-state index in [2.05, 4.69) is 29.1 Å². The average Bonchev–Trinajstić information content (AvgIpc) is 2.57. The van der Waals surface area contributed by atoms with Gasteiger partial charge in [-0.3, -0.25) is 4.90 Å². The standard InChI is InChI=1S/C16H33N3/c1-15-14-18(2)10-6-11-19(15)12-9-17-13-16-7-4-3-5-8-16/h15-17H,3-14H2,1-2H3. The Morgan fingerprint density at radius 1 is 1.05 bits per heavy atom. The lowest BCUT2D eigenvalue weighted by molar-refractivity contribution is 0.201. The molecule has 3 heteroatoms. The molecule has 1 aliphatic carbocycles.